The Kier molecular flexibility index (Phi) is 3.34. The summed E-state index contributed by atoms with van der Waals surface area (Å²) in [6, 6.07) is 14.3. The molecule has 0 atom stereocenters. The Balaban J connectivity index is 2.40. The highest BCUT2D eigenvalue weighted by Crippen LogP contribution is 2.24. The molecule has 2 nitrogen and oxygen atoms in total. The topological polar surface area (TPSA) is 35.8 Å². The third kappa shape index (κ3) is 2.52. The van der Waals surface area contributed by atoms with Crippen molar-refractivity contribution in [2.45, 2.75) is 20.8 Å². The average molecular weight is 236 g/mol. The van der Waals surface area contributed by atoms with Crippen LogP contribution in [-0.4, -0.2) is 0 Å². The number of benzene rings is 2. The molecule has 2 aromatic carbocycles. The fourth-order valence-electron chi connectivity index (χ4n) is 1.96. The Morgan fingerprint density at radius 2 is 1.56 bits per heavy atom. The van der Waals surface area contributed by atoms with Crippen LogP contribution in [0.1, 0.15) is 22.3 Å². The van der Waals surface area contributed by atoms with Crippen molar-refractivity contribution in [3.63, 3.8) is 0 Å². The smallest absolute Gasteiger partial charge is 0.101 e. The summed E-state index contributed by atoms with van der Waals surface area (Å²) < 4.78 is 0. The van der Waals surface area contributed by atoms with Gasteiger partial charge in [-0.25, -0.2) is 0 Å². The van der Waals surface area contributed by atoms with E-state index in [2.05, 4.69) is 37.4 Å². The van der Waals surface area contributed by atoms with Gasteiger partial charge in [0.1, 0.15) is 6.07 Å². The summed E-state index contributed by atoms with van der Waals surface area (Å²) in [5, 5.41) is 12.4. The molecule has 0 unspecified atom stereocenters. The van der Waals surface area contributed by atoms with E-state index in [-0.39, 0.29) is 0 Å². The van der Waals surface area contributed by atoms with Crippen LogP contribution in [0.2, 0.25) is 0 Å². The third-order valence-corrected chi connectivity index (χ3v) is 2.95. The molecule has 0 heterocycles. The highest BCUT2D eigenvalue weighted by Gasteiger charge is 2.04. The van der Waals surface area contributed by atoms with Crippen molar-refractivity contribution < 1.29 is 0 Å². The molecular weight excluding hydrogens is 220 g/mol. The Morgan fingerprint density at radius 3 is 2.22 bits per heavy atom. The van der Waals surface area contributed by atoms with Gasteiger partial charge in [-0.2, -0.15) is 5.26 Å². The molecular formula is C16H16N2. The molecule has 0 aliphatic heterocycles. The van der Waals surface area contributed by atoms with E-state index < -0.39 is 0 Å². The molecule has 2 rings (SSSR count). The van der Waals surface area contributed by atoms with Crippen LogP contribution in [0.3, 0.4) is 0 Å². The molecule has 0 saturated heterocycles. The maximum Gasteiger partial charge on any atom is 0.101 e. The van der Waals surface area contributed by atoms with Gasteiger partial charge in [-0.1, -0.05) is 23.8 Å². The number of rotatable bonds is 2. The van der Waals surface area contributed by atoms with E-state index >= 15 is 0 Å². The van der Waals surface area contributed by atoms with Crippen LogP contribution in [0, 0.1) is 32.1 Å². The lowest BCUT2D eigenvalue weighted by atomic mass is 10.1. The second-order valence-corrected chi connectivity index (χ2v) is 4.60. The Morgan fingerprint density at radius 1 is 0.889 bits per heavy atom. The molecule has 0 aliphatic carbocycles. The van der Waals surface area contributed by atoms with Gasteiger partial charge in [-0.15, -0.1) is 0 Å². The number of hydrogen-bond acceptors (Lipinski definition) is 2. The van der Waals surface area contributed by atoms with Crippen molar-refractivity contribution >= 4 is 11.4 Å². The molecule has 2 heteroatoms. The molecule has 90 valence electrons. The summed E-state index contributed by atoms with van der Waals surface area (Å²) in [5.41, 5.74) is 6.14. The van der Waals surface area contributed by atoms with Crippen molar-refractivity contribution in [2.75, 3.05) is 5.32 Å². The molecule has 0 aliphatic rings. The molecule has 0 spiro atoms. The zero-order valence-corrected chi connectivity index (χ0v) is 10.9. The van der Waals surface area contributed by atoms with Crippen molar-refractivity contribution in [1.29, 1.82) is 5.26 Å². The molecule has 0 radical (unpaired) electrons. The Labute approximate surface area is 108 Å². The lowest BCUT2D eigenvalue weighted by Crippen LogP contribution is -1.96. The molecule has 2 aromatic rings. The number of nitrogens with zero attached hydrogens (tertiary/aromatic N) is 1. The van der Waals surface area contributed by atoms with Gasteiger partial charge in [0.25, 0.3) is 0 Å². The van der Waals surface area contributed by atoms with Crippen LogP contribution in [0.5, 0.6) is 0 Å². The first kappa shape index (κ1) is 12.2. The van der Waals surface area contributed by atoms with E-state index in [1.54, 1.807) is 0 Å². The monoisotopic (exact) mass is 236 g/mol. The number of hydrogen-bond donors (Lipinski definition) is 1. The fourth-order valence-corrected chi connectivity index (χ4v) is 1.96. The van der Waals surface area contributed by atoms with Gasteiger partial charge in [0, 0.05) is 5.69 Å². The fraction of sp³-hybridized carbons (Fsp3) is 0.188. The molecule has 0 saturated carbocycles. The van der Waals surface area contributed by atoms with Gasteiger partial charge >= 0.3 is 0 Å². The van der Waals surface area contributed by atoms with Crippen LogP contribution in [0.25, 0.3) is 0 Å². The SMILES string of the molecule is Cc1ccc(Nc2cc(C)ccc2C#N)c(C)c1. The van der Waals surface area contributed by atoms with E-state index in [1.165, 1.54) is 11.1 Å². The van der Waals surface area contributed by atoms with Crippen molar-refractivity contribution in [3.05, 3.63) is 58.7 Å². The maximum atomic E-state index is 9.11. The third-order valence-electron chi connectivity index (χ3n) is 2.95. The first-order chi connectivity index (χ1) is 8.60. The van der Waals surface area contributed by atoms with Gasteiger partial charge in [0.05, 0.1) is 11.3 Å². The van der Waals surface area contributed by atoms with Crippen LogP contribution >= 0.6 is 0 Å². The molecule has 0 amide bonds. The number of anilines is 2. The van der Waals surface area contributed by atoms with Crippen molar-refractivity contribution in [2.24, 2.45) is 0 Å². The molecule has 18 heavy (non-hydrogen) atoms. The predicted octanol–water partition coefficient (Wildman–Crippen LogP) is 4.23. The maximum absolute atomic E-state index is 9.11. The van der Waals surface area contributed by atoms with Crippen molar-refractivity contribution in [3.8, 4) is 6.07 Å². The normalized spacial score (nSPS) is 9.89. The lowest BCUT2D eigenvalue weighted by Gasteiger charge is -2.12. The Hall–Kier alpha value is -2.27. The number of nitrogens with one attached hydrogen (secondary N) is 1. The highest BCUT2D eigenvalue weighted by molar-refractivity contribution is 5.69. The summed E-state index contributed by atoms with van der Waals surface area (Å²) >= 11 is 0. The van der Waals surface area contributed by atoms with E-state index in [0.29, 0.717) is 5.56 Å². The second-order valence-electron chi connectivity index (χ2n) is 4.60. The van der Waals surface area contributed by atoms with Crippen LogP contribution < -0.4 is 5.32 Å². The van der Waals surface area contributed by atoms with Gasteiger partial charge < -0.3 is 5.32 Å². The van der Waals surface area contributed by atoms with E-state index in [0.717, 1.165) is 16.9 Å². The minimum absolute atomic E-state index is 0.667. The minimum atomic E-state index is 0.667. The van der Waals surface area contributed by atoms with Crippen LogP contribution in [0.4, 0.5) is 11.4 Å². The highest BCUT2D eigenvalue weighted by atomic mass is 14.9. The van der Waals surface area contributed by atoms with Gasteiger partial charge in [0.15, 0.2) is 0 Å². The lowest BCUT2D eigenvalue weighted by molar-refractivity contribution is 1.35. The van der Waals surface area contributed by atoms with Gasteiger partial charge in [0.2, 0.25) is 0 Å². The Bertz CT molecular complexity index is 621. The first-order valence-corrected chi connectivity index (χ1v) is 5.95. The summed E-state index contributed by atoms with van der Waals surface area (Å²) in [4.78, 5) is 0. The number of aryl methyl sites for hydroxylation is 3. The summed E-state index contributed by atoms with van der Waals surface area (Å²) in [5.74, 6) is 0. The van der Waals surface area contributed by atoms with E-state index in [9.17, 15) is 0 Å². The van der Waals surface area contributed by atoms with Gasteiger partial charge in [-0.05, 0) is 50.1 Å². The molecule has 0 aromatic heterocycles. The van der Waals surface area contributed by atoms with Crippen molar-refractivity contribution in [1.82, 2.24) is 0 Å². The predicted molar refractivity (Wildman–Crippen MR) is 75.1 cm³/mol. The number of nitriles is 1. The molecule has 1 N–H and O–H groups in total. The van der Waals surface area contributed by atoms with Crippen LogP contribution in [-0.2, 0) is 0 Å². The summed E-state index contributed by atoms with van der Waals surface area (Å²) in [6.45, 7) is 6.16. The zero-order chi connectivity index (χ0) is 13.1. The second kappa shape index (κ2) is 4.93. The van der Waals surface area contributed by atoms with Crippen LogP contribution in [0.15, 0.2) is 36.4 Å². The summed E-state index contributed by atoms with van der Waals surface area (Å²) in [7, 11) is 0. The van der Waals surface area contributed by atoms with Gasteiger partial charge in [-0.3, -0.25) is 0 Å². The molecule has 0 fully saturated rings. The minimum Gasteiger partial charge on any atom is -0.354 e. The molecule has 0 bridgehead atoms. The quantitative estimate of drug-likeness (QED) is 0.847. The standard InChI is InChI=1S/C16H16N2/c1-11-5-7-15(13(3)8-11)18-16-9-12(2)4-6-14(16)10-17/h4-9,18H,1-3H3. The zero-order valence-electron chi connectivity index (χ0n) is 10.9. The van der Waals surface area contributed by atoms with E-state index in [1.807, 2.05) is 31.2 Å². The van der Waals surface area contributed by atoms with E-state index in [4.69, 9.17) is 5.26 Å². The summed E-state index contributed by atoms with van der Waals surface area (Å²) in [6.07, 6.45) is 0. The largest absolute Gasteiger partial charge is 0.354 e. The average Bonchev–Trinajstić information content (AvgIpc) is 2.33. The first-order valence-electron chi connectivity index (χ1n) is 5.95.